The molecule has 1 heterocycles. The van der Waals surface area contributed by atoms with E-state index in [-0.39, 0.29) is 17.0 Å². The van der Waals surface area contributed by atoms with Crippen molar-refractivity contribution in [2.45, 2.75) is 51.6 Å². The summed E-state index contributed by atoms with van der Waals surface area (Å²) in [5, 5.41) is 3.68. The number of rotatable bonds is 5. The highest BCUT2D eigenvalue weighted by Crippen LogP contribution is 2.42. The topological polar surface area (TPSA) is 38.0 Å². The lowest BCUT2D eigenvalue weighted by Crippen LogP contribution is -2.66. The van der Waals surface area contributed by atoms with Gasteiger partial charge >= 0.3 is 0 Å². The Morgan fingerprint density at radius 3 is 2.71 bits per heavy atom. The molecule has 1 fully saturated rings. The van der Waals surface area contributed by atoms with Crippen LogP contribution in [0.15, 0.2) is 0 Å². The molecular formula is C14H26N2S. The second-order valence-electron chi connectivity index (χ2n) is 5.62. The normalized spacial score (nSPS) is 29.6. The number of hydrogen-bond acceptors (Lipinski definition) is 3. The highest BCUT2D eigenvalue weighted by Gasteiger charge is 2.46. The standard InChI is InChI=1S/C14H26N2S/c1-5-7-12(6-2)16-14(10-15)11-17-9-8-13(14,3)4/h2,12,16H,5,7-11,15H2,1,3-4H3. The predicted molar refractivity (Wildman–Crippen MR) is 78.2 cm³/mol. The van der Waals surface area contributed by atoms with E-state index in [1.165, 1.54) is 12.2 Å². The first-order valence-electron chi connectivity index (χ1n) is 6.53. The molecule has 0 bridgehead atoms. The summed E-state index contributed by atoms with van der Waals surface area (Å²) in [6.07, 6.45) is 8.95. The van der Waals surface area contributed by atoms with Gasteiger partial charge in [-0.05, 0) is 24.0 Å². The fraction of sp³-hybridized carbons (Fsp3) is 0.857. The van der Waals surface area contributed by atoms with E-state index in [0.717, 1.165) is 18.6 Å². The van der Waals surface area contributed by atoms with Crippen LogP contribution in [0.1, 0.15) is 40.0 Å². The molecule has 3 heteroatoms. The van der Waals surface area contributed by atoms with Crippen LogP contribution in [0.5, 0.6) is 0 Å². The van der Waals surface area contributed by atoms with E-state index in [2.05, 4.69) is 32.0 Å². The molecule has 2 atom stereocenters. The third-order valence-electron chi connectivity index (χ3n) is 4.09. The van der Waals surface area contributed by atoms with Crippen molar-refractivity contribution in [2.75, 3.05) is 18.1 Å². The molecule has 0 saturated carbocycles. The molecule has 17 heavy (non-hydrogen) atoms. The second-order valence-corrected chi connectivity index (χ2v) is 6.73. The average Bonchev–Trinajstić information content (AvgIpc) is 2.31. The molecule has 1 aliphatic rings. The van der Waals surface area contributed by atoms with Gasteiger partial charge in [0, 0.05) is 17.8 Å². The average molecular weight is 254 g/mol. The molecule has 1 saturated heterocycles. The van der Waals surface area contributed by atoms with Gasteiger partial charge < -0.3 is 5.73 Å². The molecule has 2 nitrogen and oxygen atoms in total. The number of terminal acetylenes is 1. The smallest absolute Gasteiger partial charge is 0.0691 e. The van der Waals surface area contributed by atoms with E-state index in [4.69, 9.17) is 12.2 Å². The first-order chi connectivity index (χ1) is 8.01. The van der Waals surface area contributed by atoms with Crippen molar-refractivity contribution in [3.63, 3.8) is 0 Å². The maximum atomic E-state index is 6.07. The number of thioether (sulfide) groups is 1. The van der Waals surface area contributed by atoms with Crippen LogP contribution >= 0.6 is 11.8 Å². The molecule has 0 aromatic heterocycles. The predicted octanol–water partition coefficient (Wildman–Crippen LogP) is 2.24. The van der Waals surface area contributed by atoms with E-state index in [1.54, 1.807) is 0 Å². The minimum atomic E-state index is -0.0118. The Kier molecular flexibility index (Phi) is 5.37. The maximum absolute atomic E-state index is 6.07. The molecule has 1 aliphatic heterocycles. The van der Waals surface area contributed by atoms with Gasteiger partial charge in [-0.25, -0.2) is 0 Å². The van der Waals surface area contributed by atoms with Crippen LogP contribution in [0.25, 0.3) is 0 Å². The van der Waals surface area contributed by atoms with E-state index in [0.29, 0.717) is 6.54 Å². The number of nitrogens with one attached hydrogen (secondary N) is 1. The van der Waals surface area contributed by atoms with Crippen LogP contribution in [0, 0.1) is 17.8 Å². The van der Waals surface area contributed by atoms with Crippen LogP contribution in [-0.2, 0) is 0 Å². The fourth-order valence-corrected chi connectivity index (χ4v) is 4.20. The molecule has 0 radical (unpaired) electrons. The van der Waals surface area contributed by atoms with Crippen molar-refractivity contribution < 1.29 is 0 Å². The van der Waals surface area contributed by atoms with Crippen LogP contribution in [0.4, 0.5) is 0 Å². The van der Waals surface area contributed by atoms with Gasteiger partial charge in [0.1, 0.15) is 0 Å². The molecule has 0 spiro atoms. The minimum absolute atomic E-state index is 0.0118. The van der Waals surface area contributed by atoms with Crippen LogP contribution in [0.3, 0.4) is 0 Å². The van der Waals surface area contributed by atoms with Gasteiger partial charge in [-0.1, -0.05) is 33.1 Å². The molecule has 0 aromatic rings. The van der Waals surface area contributed by atoms with Gasteiger partial charge in [-0.2, -0.15) is 11.8 Å². The summed E-state index contributed by atoms with van der Waals surface area (Å²) in [6, 6.07) is 0.154. The zero-order chi connectivity index (χ0) is 12.9. The Bertz CT molecular complexity index is 282. The Labute approximate surface area is 110 Å². The first-order valence-corrected chi connectivity index (χ1v) is 7.68. The van der Waals surface area contributed by atoms with Gasteiger partial charge in [-0.15, -0.1) is 6.42 Å². The number of nitrogens with two attached hydrogens (primary N) is 1. The van der Waals surface area contributed by atoms with Crippen molar-refractivity contribution in [3.05, 3.63) is 0 Å². The molecule has 98 valence electrons. The summed E-state index contributed by atoms with van der Waals surface area (Å²) in [4.78, 5) is 0. The lowest BCUT2D eigenvalue weighted by molar-refractivity contribution is 0.128. The van der Waals surface area contributed by atoms with Crippen molar-refractivity contribution in [1.29, 1.82) is 0 Å². The third kappa shape index (κ3) is 3.19. The zero-order valence-corrected chi connectivity index (χ0v) is 12.2. The Hall–Kier alpha value is -0.170. The van der Waals surface area contributed by atoms with Crippen molar-refractivity contribution in [3.8, 4) is 12.3 Å². The van der Waals surface area contributed by atoms with E-state index >= 15 is 0 Å². The van der Waals surface area contributed by atoms with Gasteiger partial charge in [0.25, 0.3) is 0 Å². The zero-order valence-electron chi connectivity index (χ0n) is 11.4. The van der Waals surface area contributed by atoms with Crippen LogP contribution in [-0.4, -0.2) is 29.6 Å². The highest BCUT2D eigenvalue weighted by atomic mass is 32.2. The van der Waals surface area contributed by atoms with Crippen molar-refractivity contribution in [1.82, 2.24) is 5.32 Å². The summed E-state index contributed by atoms with van der Waals surface area (Å²) in [6.45, 7) is 7.45. The van der Waals surface area contributed by atoms with Gasteiger partial charge in [0.05, 0.1) is 6.04 Å². The van der Waals surface area contributed by atoms with E-state index in [1.807, 2.05) is 11.8 Å². The Morgan fingerprint density at radius 1 is 1.53 bits per heavy atom. The molecule has 0 amide bonds. The van der Waals surface area contributed by atoms with Gasteiger partial charge in [0.15, 0.2) is 0 Å². The Morgan fingerprint density at radius 2 is 2.24 bits per heavy atom. The largest absolute Gasteiger partial charge is 0.329 e. The summed E-state index contributed by atoms with van der Waals surface area (Å²) >= 11 is 1.99. The summed E-state index contributed by atoms with van der Waals surface area (Å²) < 4.78 is 0. The SMILES string of the molecule is C#CC(CCC)NC1(CN)CSCCC1(C)C. The first kappa shape index (κ1) is 14.9. The quantitative estimate of drug-likeness (QED) is 0.739. The maximum Gasteiger partial charge on any atom is 0.0691 e. The van der Waals surface area contributed by atoms with Crippen LogP contribution in [0.2, 0.25) is 0 Å². The summed E-state index contributed by atoms with van der Waals surface area (Å²) in [7, 11) is 0. The van der Waals surface area contributed by atoms with Crippen molar-refractivity contribution >= 4 is 11.8 Å². The molecular weight excluding hydrogens is 228 g/mol. The van der Waals surface area contributed by atoms with E-state index in [9.17, 15) is 0 Å². The molecule has 0 aromatic carbocycles. The monoisotopic (exact) mass is 254 g/mol. The summed E-state index contributed by atoms with van der Waals surface area (Å²) in [5.41, 5.74) is 6.27. The third-order valence-corrected chi connectivity index (χ3v) is 5.28. The lowest BCUT2D eigenvalue weighted by atomic mass is 9.70. The molecule has 1 rings (SSSR count). The second kappa shape index (κ2) is 6.13. The molecule has 0 aliphatic carbocycles. The summed E-state index contributed by atoms with van der Waals surface area (Å²) in [5.74, 6) is 5.17. The van der Waals surface area contributed by atoms with Crippen molar-refractivity contribution in [2.24, 2.45) is 11.1 Å². The van der Waals surface area contributed by atoms with E-state index < -0.39 is 0 Å². The fourth-order valence-electron chi connectivity index (χ4n) is 2.46. The van der Waals surface area contributed by atoms with Crippen LogP contribution < -0.4 is 11.1 Å². The molecule has 3 N–H and O–H groups in total. The highest BCUT2D eigenvalue weighted by molar-refractivity contribution is 7.99. The lowest BCUT2D eigenvalue weighted by Gasteiger charge is -2.51. The Balaban J connectivity index is 2.83. The number of hydrogen-bond donors (Lipinski definition) is 2. The van der Waals surface area contributed by atoms with Gasteiger partial charge in [0.2, 0.25) is 0 Å². The molecule has 2 unspecified atom stereocenters. The van der Waals surface area contributed by atoms with Gasteiger partial charge in [-0.3, -0.25) is 5.32 Å². The minimum Gasteiger partial charge on any atom is -0.329 e.